The molecule has 1 amide bonds. The molecule has 1 heterocycles. The van der Waals surface area contributed by atoms with Gasteiger partial charge in [0, 0.05) is 4.88 Å². The Balaban J connectivity index is 1.91. The lowest BCUT2D eigenvalue weighted by Crippen LogP contribution is -2.34. The highest BCUT2D eigenvalue weighted by molar-refractivity contribution is 7.17. The zero-order valence-electron chi connectivity index (χ0n) is 18.1. The van der Waals surface area contributed by atoms with Crippen LogP contribution in [0.1, 0.15) is 67.8 Å². The number of hydrogen-bond donors (Lipinski definition) is 2. The Morgan fingerprint density at radius 3 is 2.47 bits per heavy atom. The Labute approximate surface area is 181 Å². The fraction of sp³-hybridized carbons (Fsp3) is 0.609. The van der Waals surface area contributed by atoms with Crippen molar-refractivity contribution in [3.05, 3.63) is 28.2 Å². The van der Waals surface area contributed by atoms with Crippen molar-refractivity contribution in [1.82, 2.24) is 0 Å². The molecule has 1 aromatic rings. The van der Waals surface area contributed by atoms with Crippen LogP contribution in [-0.2, 0) is 27.2 Å². The Bertz CT molecular complexity index is 864. The zero-order chi connectivity index (χ0) is 22.1. The molecule has 2 aliphatic rings. The maximum atomic E-state index is 13.0. The largest absolute Gasteiger partial charge is 0.481 e. The number of hydrogen-bond acceptors (Lipinski definition) is 5. The van der Waals surface area contributed by atoms with Crippen molar-refractivity contribution in [3.8, 4) is 0 Å². The summed E-state index contributed by atoms with van der Waals surface area (Å²) < 4.78 is 5.28. The van der Waals surface area contributed by atoms with E-state index in [1.165, 1.54) is 11.3 Å². The van der Waals surface area contributed by atoms with Crippen LogP contribution in [0.3, 0.4) is 0 Å². The number of thiophene rings is 1. The van der Waals surface area contributed by atoms with E-state index in [-0.39, 0.29) is 17.9 Å². The van der Waals surface area contributed by atoms with E-state index in [1.807, 2.05) is 12.2 Å². The van der Waals surface area contributed by atoms with E-state index in [2.05, 4.69) is 26.1 Å². The third-order valence-electron chi connectivity index (χ3n) is 6.29. The van der Waals surface area contributed by atoms with Gasteiger partial charge in [-0.25, -0.2) is 4.79 Å². The molecule has 6 nitrogen and oxygen atoms in total. The summed E-state index contributed by atoms with van der Waals surface area (Å²) in [5, 5.41) is 12.9. The third-order valence-corrected chi connectivity index (χ3v) is 7.46. The van der Waals surface area contributed by atoms with Gasteiger partial charge in [-0.3, -0.25) is 9.59 Å². The summed E-state index contributed by atoms with van der Waals surface area (Å²) in [7, 11) is 0. The number of carboxylic acids is 1. The minimum absolute atomic E-state index is 0.165. The number of amides is 1. The van der Waals surface area contributed by atoms with E-state index in [0.29, 0.717) is 29.3 Å². The molecule has 30 heavy (non-hydrogen) atoms. The van der Waals surface area contributed by atoms with Gasteiger partial charge in [0.15, 0.2) is 0 Å². The number of allylic oxidation sites excluding steroid dienone is 2. The number of esters is 1. The van der Waals surface area contributed by atoms with Crippen molar-refractivity contribution in [2.45, 2.75) is 59.8 Å². The van der Waals surface area contributed by atoms with Crippen LogP contribution in [0.4, 0.5) is 5.00 Å². The molecule has 3 rings (SSSR count). The second kappa shape index (κ2) is 8.92. The molecular weight excluding hydrogens is 402 g/mol. The minimum atomic E-state index is -0.969. The quantitative estimate of drug-likeness (QED) is 0.519. The molecule has 0 saturated carbocycles. The van der Waals surface area contributed by atoms with Gasteiger partial charge in [-0.2, -0.15) is 0 Å². The van der Waals surface area contributed by atoms with Gasteiger partial charge in [0.2, 0.25) is 5.91 Å². The maximum absolute atomic E-state index is 13.0. The summed E-state index contributed by atoms with van der Waals surface area (Å²) in [4.78, 5) is 38.4. The summed E-state index contributed by atoms with van der Waals surface area (Å²) in [6.07, 6.45) is 7.02. The van der Waals surface area contributed by atoms with Crippen LogP contribution in [0.5, 0.6) is 0 Å². The molecule has 0 fully saturated rings. The monoisotopic (exact) mass is 433 g/mol. The predicted molar refractivity (Wildman–Crippen MR) is 117 cm³/mol. The van der Waals surface area contributed by atoms with Gasteiger partial charge in [-0.1, -0.05) is 32.9 Å². The van der Waals surface area contributed by atoms with E-state index in [4.69, 9.17) is 4.74 Å². The molecular formula is C23H31NO5S. The Kier molecular flexibility index (Phi) is 6.70. The number of aliphatic carboxylic acids is 1. The molecule has 0 unspecified atom stereocenters. The lowest BCUT2D eigenvalue weighted by atomic mass is 9.72. The second-order valence-electron chi connectivity index (χ2n) is 9.22. The summed E-state index contributed by atoms with van der Waals surface area (Å²) in [6, 6.07) is 0. The first-order valence-electron chi connectivity index (χ1n) is 10.6. The number of nitrogens with one attached hydrogen (secondary N) is 1. The van der Waals surface area contributed by atoms with Gasteiger partial charge in [-0.05, 0) is 55.9 Å². The number of carboxylic acid groups (broad SMARTS) is 1. The molecule has 0 bridgehead atoms. The van der Waals surface area contributed by atoms with E-state index in [0.717, 1.165) is 29.7 Å². The van der Waals surface area contributed by atoms with Crippen LogP contribution in [0.15, 0.2) is 12.2 Å². The Morgan fingerprint density at radius 1 is 1.20 bits per heavy atom. The number of anilines is 1. The summed E-state index contributed by atoms with van der Waals surface area (Å²) in [5.41, 5.74) is 1.60. The zero-order valence-corrected chi connectivity index (χ0v) is 18.9. The minimum Gasteiger partial charge on any atom is -0.481 e. The average molecular weight is 434 g/mol. The van der Waals surface area contributed by atoms with Crippen LogP contribution < -0.4 is 5.32 Å². The SMILES string of the molecule is CCOC(=O)c1c(NC(=O)[C@@H]2CC=CC[C@@H]2C(=O)O)sc2c1CC[C@@H](C(C)(C)C)C2. The number of rotatable bonds is 5. The van der Waals surface area contributed by atoms with Gasteiger partial charge in [0.25, 0.3) is 0 Å². The predicted octanol–water partition coefficient (Wildman–Crippen LogP) is 4.68. The van der Waals surface area contributed by atoms with Crippen LogP contribution in [0.2, 0.25) is 0 Å². The summed E-state index contributed by atoms with van der Waals surface area (Å²) in [6.45, 7) is 8.71. The topological polar surface area (TPSA) is 92.7 Å². The fourth-order valence-corrected chi connectivity index (χ4v) is 5.73. The second-order valence-corrected chi connectivity index (χ2v) is 10.3. The summed E-state index contributed by atoms with van der Waals surface area (Å²) >= 11 is 1.44. The number of fused-ring (bicyclic) bond motifs is 1. The lowest BCUT2D eigenvalue weighted by molar-refractivity contribution is -0.146. The van der Waals surface area contributed by atoms with Crippen LogP contribution in [-0.4, -0.2) is 29.6 Å². The van der Waals surface area contributed by atoms with Crippen molar-refractivity contribution in [3.63, 3.8) is 0 Å². The molecule has 1 aromatic heterocycles. The fourth-order valence-electron chi connectivity index (χ4n) is 4.41. The standard InChI is InChI=1S/C23H31NO5S/c1-5-29-22(28)18-16-11-10-13(23(2,3)4)12-17(16)30-20(18)24-19(25)14-8-6-7-9-15(14)21(26)27/h6-7,13-15H,5,8-12H2,1-4H3,(H,24,25)(H,26,27)/t13-,14-,15+/m1/s1. The number of carbonyl (C=O) groups excluding carboxylic acids is 2. The van der Waals surface area contributed by atoms with Crippen molar-refractivity contribution < 1.29 is 24.2 Å². The Hall–Kier alpha value is -2.15. The van der Waals surface area contributed by atoms with Gasteiger partial charge in [0.05, 0.1) is 24.0 Å². The van der Waals surface area contributed by atoms with Crippen molar-refractivity contribution in [2.24, 2.45) is 23.2 Å². The molecule has 3 atom stereocenters. The summed E-state index contributed by atoms with van der Waals surface area (Å²) in [5.74, 6) is -2.63. The highest BCUT2D eigenvalue weighted by Crippen LogP contribution is 2.44. The van der Waals surface area contributed by atoms with E-state index < -0.39 is 23.8 Å². The third kappa shape index (κ3) is 4.61. The molecule has 0 aromatic carbocycles. The molecule has 0 saturated heterocycles. The molecule has 0 aliphatic heterocycles. The highest BCUT2D eigenvalue weighted by Gasteiger charge is 2.37. The molecule has 0 spiro atoms. The molecule has 2 N–H and O–H groups in total. The lowest BCUT2D eigenvalue weighted by Gasteiger charge is -2.33. The van der Waals surface area contributed by atoms with Gasteiger partial charge < -0.3 is 15.2 Å². The first-order valence-corrected chi connectivity index (χ1v) is 11.4. The normalized spacial score (nSPS) is 23.5. The molecule has 0 radical (unpaired) electrons. The van der Waals surface area contributed by atoms with Crippen molar-refractivity contribution in [2.75, 3.05) is 11.9 Å². The Morgan fingerprint density at radius 2 is 1.87 bits per heavy atom. The van der Waals surface area contributed by atoms with Gasteiger partial charge >= 0.3 is 11.9 Å². The van der Waals surface area contributed by atoms with E-state index in [1.54, 1.807) is 6.92 Å². The van der Waals surface area contributed by atoms with E-state index >= 15 is 0 Å². The van der Waals surface area contributed by atoms with E-state index in [9.17, 15) is 19.5 Å². The average Bonchev–Trinajstić information content (AvgIpc) is 3.04. The molecule has 7 heteroatoms. The van der Waals surface area contributed by atoms with Gasteiger partial charge in [-0.15, -0.1) is 11.3 Å². The first-order chi connectivity index (χ1) is 14.1. The highest BCUT2D eigenvalue weighted by atomic mass is 32.1. The maximum Gasteiger partial charge on any atom is 0.341 e. The van der Waals surface area contributed by atoms with Crippen LogP contribution in [0, 0.1) is 23.2 Å². The van der Waals surface area contributed by atoms with Crippen LogP contribution >= 0.6 is 11.3 Å². The van der Waals surface area contributed by atoms with Gasteiger partial charge in [0.1, 0.15) is 5.00 Å². The van der Waals surface area contributed by atoms with Crippen LogP contribution in [0.25, 0.3) is 0 Å². The first kappa shape index (κ1) is 22.5. The molecule has 164 valence electrons. The van der Waals surface area contributed by atoms with Crippen molar-refractivity contribution in [1.29, 1.82) is 0 Å². The molecule has 2 aliphatic carbocycles. The smallest absolute Gasteiger partial charge is 0.341 e. The number of ether oxygens (including phenoxy) is 1. The number of carbonyl (C=O) groups is 3. The van der Waals surface area contributed by atoms with Crippen molar-refractivity contribution >= 4 is 34.2 Å².